The predicted octanol–water partition coefficient (Wildman–Crippen LogP) is 2.86. The summed E-state index contributed by atoms with van der Waals surface area (Å²) in [5.74, 6) is 1.38. The molecule has 0 radical (unpaired) electrons. The Hall–Kier alpha value is -1.84. The standard InChI is InChI=1S/C13H17N3O/c1-4-12-15-13(17-16-12)8-14-11-7-5-6-9(2)10(11)3/h5-7,14H,4,8H2,1-3H3. The lowest BCUT2D eigenvalue weighted by Crippen LogP contribution is -2.02. The van der Waals surface area contributed by atoms with Crippen molar-refractivity contribution < 1.29 is 4.52 Å². The van der Waals surface area contributed by atoms with Crippen LogP contribution in [0.4, 0.5) is 5.69 Å². The van der Waals surface area contributed by atoms with E-state index >= 15 is 0 Å². The van der Waals surface area contributed by atoms with E-state index in [1.165, 1.54) is 11.1 Å². The second kappa shape index (κ2) is 4.99. The van der Waals surface area contributed by atoms with Crippen molar-refractivity contribution in [2.75, 3.05) is 5.32 Å². The Labute approximate surface area is 101 Å². The fraction of sp³-hybridized carbons (Fsp3) is 0.385. The summed E-state index contributed by atoms with van der Waals surface area (Å²) < 4.78 is 5.12. The summed E-state index contributed by atoms with van der Waals surface area (Å²) in [5.41, 5.74) is 3.64. The first-order chi connectivity index (χ1) is 8.20. The molecule has 0 unspecified atom stereocenters. The molecular weight excluding hydrogens is 214 g/mol. The van der Waals surface area contributed by atoms with Gasteiger partial charge in [-0.1, -0.05) is 24.2 Å². The molecule has 2 rings (SSSR count). The van der Waals surface area contributed by atoms with Crippen molar-refractivity contribution >= 4 is 5.69 Å². The molecule has 4 nitrogen and oxygen atoms in total. The minimum Gasteiger partial charge on any atom is -0.376 e. The van der Waals surface area contributed by atoms with Crippen molar-refractivity contribution in [1.29, 1.82) is 0 Å². The first-order valence-electron chi connectivity index (χ1n) is 5.82. The highest BCUT2D eigenvalue weighted by Crippen LogP contribution is 2.18. The van der Waals surface area contributed by atoms with E-state index < -0.39 is 0 Å². The van der Waals surface area contributed by atoms with E-state index in [1.54, 1.807) is 0 Å². The summed E-state index contributed by atoms with van der Waals surface area (Å²) in [6.45, 7) is 6.77. The number of nitrogens with zero attached hydrogens (tertiary/aromatic N) is 2. The van der Waals surface area contributed by atoms with Gasteiger partial charge in [-0.25, -0.2) is 0 Å². The van der Waals surface area contributed by atoms with Gasteiger partial charge in [0.1, 0.15) is 0 Å². The quantitative estimate of drug-likeness (QED) is 0.879. The predicted molar refractivity (Wildman–Crippen MR) is 66.9 cm³/mol. The normalized spacial score (nSPS) is 10.5. The van der Waals surface area contributed by atoms with Gasteiger partial charge in [0.05, 0.1) is 6.54 Å². The molecule has 4 heteroatoms. The van der Waals surface area contributed by atoms with Crippen LogP contribution in [0, 0.1) is 13.8 Å². The van der Waals surface area contributed by atoms with Crippen LogP contribution in [0.1, 0.15) is 29.8 Å². The lowest BCUT2D eigenvalue weighted by Gasteiger charge is -2.09. The zero-order valence-corrected chi connectivity index (χ0v) is 10.4. The molecule has 17 heavy (non-hydrogen) atoms. The third-order valence-electron chi connectivity index (χ3n) is 2.86. The van der Waals surface area contributed by atoms with Gasteiger partial charge in [0.2, 0.25) is 5.89 Å². The first kappa shape index (κ1) is 11.6. The van der Waals surface area contributed by atoms with Crippen molar-refractivity contribution in [3.05, 3.63) is 41.0 Å². The molecule has 1 aromatic heterocycles. The van der Waals surface area contributed by atoms with E-state index in [9.17, 15) is 0 Å². The molecule has 0 saturated carbocycles. The minimum absolute atomic E-state index is 0.567. The van der Waals surface area contributed by atoms with E-state index in [4.69, 9.17) is 4.52 Å². The van der Waals surface area contributed by atoms with Gasteiger partial charge >= 0.3 is 0 Å². The number of benzene rings is 1. The molecule has 1 heterocycles. The molecule has 1 N–H and O–H groups in total. The highest BCUT2D eigenvalue weighted by molar-refractivity contribution is 5.53. The van der Waals surface area contributed by atoms with Crippen LogP contribution < -0.4 is 5.32 Å². The Bertz CT molecular complexity index is 505. The van der Waals surface area contributed by atoms with Crippen LogP contribution in [0.15, 0.2) is 22.7 Å². The highest BCUT2D eigenvalue weighted by atomic mass is 16.5. The summed E-state index contributed by atoms with van der Waals surface area (Å²) in [6, 6.07) is 6.19. The van der Waals surface area contributed by atoms with Crippen molar-refractivity contribution in [1.82, 2.24) is 10.1 Å². The Morgan fingerprint density at radius 1 is 1.29 bits per heavy atom. The van der Waals surface area contributed by atoms with Gasteiger partial charge in [0.15, 0.2) is 5.82 Å². The van der Waals surface area contributed by atoms with Crippen LogP contribution in [-0.4, -0.2) is 10.1 Å². The summed E-state index contributed by atoms with van der Waals surface area (Å²) in [7, 11) is 0. The van der Waals surface area contributed by atoms with Gasteiger partial charge < -0.3 is 9.84 Å². The second-order valence-electron chi connectivity index (χ2n) is 4.06. The number of hydrogen-bond donors (Lipinski definition) is 1. The van der Waals surface area contributed by atoms with Crippen molar-refractivity contribution in [3.63, 3.8) is 0 Å². The first-order valence-corrected chi connectivity index (χ1v) is 5.82. The molecule has 0 spiro atoms. The number of aryl methyl sites for hydroxylation is 2. The zero-order valence-electron chi connectivity index (χ0n) is 10.4. The maximum Gasteiger partial charge on any atom is 0.245 e. The molecule has 0 aliphatic carbocycles. The van der Waals surface area contributed by atoms with Gasteiger partial charge in [0.25, 0.3) is 0 Å². The Morgan fingerprint density at radius 3 is 2.82 bits per heavy atom. The fourth-order valence-electron chi connectivity index (χ4n) is 1.62. The topological polar surface area (TPSA) is 51.0 Å². The average molecular weight is 231 g/mol. The van der Waals surface area contributed by atoms with E-state index in [1.807, 2.05) is 13.0 Å². The van der Waals surface area contributed by atoms with Crippen LogP contribution in [-0.2, 0) is 13.0 Å². The molecule has 0 aliphatic rings. The molecule has 0 saturated heterocycles. The molecule has 0 amide bonds. The van der Waals surface area contributed by atoms with Crippen molar-refractivity contribution in [2.24, 2.45) is 0 Å². The van der Waals surface area contributed by atoms with Crippen LogP contribution >= 0.6 is 0 Å². The number of nitrogens with one attached hydrogen (secondary N) is 1. The summed E-state index contributed by atoms with van der Waals surface area (Å²) in [4.78, 5) is 4.26. The van der Waals surface area contributed by atoms with E-state index in [0.29, 0.717) is 12.4 Å². The molecular formula is C13H17N3O. The maximum atomic E-state index is 5.12. The number of aromatic nitrogens is 2. The Morgan fingerprint density at radius 2 is 2.12 bits per heavy atom. The monoisotopic (exact) mass is 231 g/mol. The number of hydrogen-bond acceptors (Lipinski definition) is 4. The zero-order chi connectivity index (χ0) is 12.3. The second-order valence-corrected chi connectivity index (χ2v) is 4.06. The van der Waals surface area contributed by atoms with Gasteiger partial charge in [-0.3, -0.25) is 0 Å². The van der Waals surface area contributed by atoms with Crippen LogP contribution in [0.3, 0.4) is 0 Å². The molecule has 0 aliphatic heterocycles. The number of rotatable bonds is 4. The van der Waals surface area contributed by atoms with Crippen LogP contribution in [0.5, 0.6) is 0 Å². The third kappa shape index (κ3) is 2.64. The average Bonchev–Trinajstić information content (AvgIpc) is 2.79. The van der Waals surface area contributed by atoms with E-state index in [0.717, 1.165) is 17.9 Å². The van der Waals surface area contributed by atoms with Gasteiger partial charge in [0, 0.05) is 12.1 Å². The lowest BCUT2D eigenvalue weighted by molar-refractivity contribution is 0.378. The summed E-state index contributed by atoms with van der Waals surface area (Å²) in [6.07, 6.45) is 0.799. The van der Waals surface area contributed by atoms with Crippen molar-refractivity contribution in [2.45, 2.75) is 33.7 Å². The molecule has 2 aromatic rings. The maximum absolute atomic E-state index is 5.12. The van der Waals surface area contributed by atoms with E-state index in [-0.39, 0.29) is 0 Å². The lowest BCUT2D eigenvalue weighted by atomic mass is 10.1. The van der Waals surface area contributed by atoms with Gasteiger partial charge in [-0.05, 0) is 31.0 Å². The summed E-state index contributed by atoms with van der Waals surface area (Å²) >= 11 is 0. The van der Waals surface area contributed by atoms with Crippen molar-refractivity contribution in [3.8, 4) is 0 Å². The van der Waals surface area contributed by atoms with Gasteiger partial charge in [-0.15, -0.1) is 0 Å². The largest absolute Gasteiger partial charge is 0.376 e. The number of anilines is 1. The minimum atomic E-state index is 0.567. The third-order valence-corrected chi connectivity index (χ3v) is 2.86. The fourth-order valence-corrected chi connectivity index (χ4v) is 1.62. The van der Waals surface area contributed by atoms with Crippen LogP contribution in [0.2, 0.25) is 0 Å². The van der Waals surface area contributed by atoms with Gasteiger partial charge in [-0.2, -0.15) is 4.98 Å². The Balaban J connectivity index is 2.04. The molecule has 1 aromatic carbocycles. The highest BCUT2D eigenvalue weighted by Gasteiger charge is 2.05. The SMILES string of the molecule is CCc1noc(CNc2cccc(C)c2C)n1. The van der Waals surface area contributed by atoms with Crippen LogP contribution in [0.25, 0.3) is 0 Å². The Kier molecular flexibility index (Phi) is 3.42. The molecule has 0 fully saturated rings. The molecule has 0 atom stereocenters. The van der Waals surface area contributed by atoms with E-state index in [2.05, 4.69) is 41.4 Å². The molecule has 90 valence electrons. The summed E-state index contributed by atoms with van der Waals surface area (Å²) in [5, 5.41) is 7.17. The smallest absolute Gasteiger partial charge is 0.245 e. The molecule has 0 bridgehead atoms.